The van der Waals surface area contributed by atoms with Crippen molar-refractivity contribution in [3.05, 3.63) is 66.0 Å². The second-order valence-electron chi connectivity index (χ2n) is 4.75. The Balaban J connectivity index is 0.000000293. The van der Waals surface area contributed by atoms with Gasteiger partial charge in [-0.3, -0.25) is 9.78 Å². The van der Waals surface area contributed by atoms with E-state index in [4.69, 9.17) is 20.1 Å². The highest BCUT2D eigenvalue weighted by Crippen LogP contribution is 2.03. The molecule has 0 bridgehead atoms. The molecule has 0 fully saturated rings. The van der Waals surface area contributed by atoms with Crippen LogP contribution in [0.3, 0.4) is 0 Å². The number of benzene rings is 1. The first-order valence-electron chi connectivity index (χ1n) is 7.14. The number of hydrogen-bond acceptors (Lipinski definition) is 6. The van der Waals surface area contributed by atoms with Gasteiger partial charge in [0.15, 0.2) is 6.10 Å². The van der Waals surface area contributed by atoms with Crippen molar-refractivity contribution in [2.45, 2.75) is 19.1 Å². The number of aliphatic carboxylic acids is 1. The average molecular weight is 347 g/mol. The van der Waals surface area contributed by atoms with E-state index in [1.165, 1.54) is 18.5 Å². The molecule has 8 heteroatoms. The zero-order chi connectivity index (χ0) is 18.7. The first-order chi connectivity index (χ1) is 11.9. The molecule has 8 nitrogen and oxygen atoms in total. The Bertz CT molecular complexity index is 689. The monoisotopic (exact) mass is 347 g/mol. The first kappa shape index (κ1) is 19.8. The number of aliphatic hydroxyl groups is 1. The van der Waals surface area contributed by atoms with Crippen molar-refractivity contribution in [1.82, 2.24) is 4.98 Å². The maximum Gasteiger partial charge on any atom is 0.337 e. The van der Waals surface area contributed by atoms with E-state index in [0.717, 1.165) is 5.56 Å². The van der Waals surface area contributed by atoms with E-state index < -0.39 is 30.4 Å². The molecule has 1 atom stereocenters. The number of esters is 1. The summed E-state index contributed by atoms with van der Waals surface area (Å²) in [6, 6.07) is 12.0. The second-order valence-corrected chi connectivity index (χ2v) is 4.75. The van der Waals surface area contributed by atoms with Crippen molar-refractivity contribution >= 4 is 17.9 Å². The summed E-state index contributed by atoms with van der Waals surface area (Å²) in [6.45, 7) is 0.0242. The minimum absolute atomic E-state index is 0.0242. The van der Waals surface area contributed by atoms with Crippen LogP contribution in [-0.2, 0) is 20.9 Å². The largest absolute Gasteiger partial charge is 0.481 e. The van der Waals surface area contributed by atoms with E-state index in [0.29, 0.717) is 0 Å². The molecule has 0 aliphatic heterocycles. The molecule has 0 spiro atoms. The van der Waals surface area contributed by atoms with Gasteiger partial charge in [0.2, 0.25) is 0 Å². The number of aromatic carboxylic acids is 1. The number of aliphatic hydroxyl groups excluding tert-OH is 1. The number of rotatable bonds is 6. The lowest BCUT2D eigenvalue weighted by Crippen LogP contribution is -2.25. The van der Waals surface area contributed by atoms with Crippen LogP contribution < -0.4 is 0 Å². The number of ether oxygens (including phenoxy) is 1. The summed E-state index contributed by atoms with van der Waals surface area (Å²) in [5.41, 5.74) is 0.996. The Labute approximate surface area is 143 Å². The van der Waals surface area contributed by atoms with E-state index in [9.17, 15) is 14.4 Å². The third-order valence-electron chi connectivity index (χ3n) is 2.77. The molecule has 3 N–H and O–H groups in total. The number of hydrogen-bond donors (Lipinski definition) is 3. The third kappa shape index (κ3) is 8.24. The highest BCUT2D eigenvalue weighted by atomic mass is 16.5. The van der Waals surface area contributed by atoms with Gasteiger partial charge in [0.1, 0.15) is 6.61 Å². The summed E-state index contributed by atoms with van der Waals surface area (Å²) in [5.74, 6) is -3.11. The minimum atomic E-state index is -1.61. The zero-order valence-electron chi connectivity index (χ0n) is 13.1. The number of carbonyl (C=O) groups excluding carboxylic acids is 1. The average Bonchev–Trinajstić information content (AvgIpc) is 2.61. The number of aromatic nitrogens is 1. The molecule has 25 heavy (non-hydrogen) atoms. The SMILES string of the molecule is O=C(O)CC(O)C(=O)OCc1ccccc1.O=C(O)c1cccnc1. The van der Waals surface area contributed by atoms with Crippen molar-refractivity contribution in [2.75, 3.05) is 0 Å². The third-order valence-corrected chi connectivity index (χ3v) is 2.77. The number of pyridine rings is 1. The number of carbonyl (C=O) groups is 3. The molecule has 2 aromatic rings. The van der Waals surface area contributed by atoms with Crippen LogP contribution in [-0.4, -0.2) is 44.3 Å². The van der Waals surface area contributed by atoms with Gasteiger partial charge in [0, 0.05) is 12.4 Å². The van der Waals surface area contributed by atoms with E-state index in [-0.39, 0.29) is 12.2 Å². The fourth-order valence-electron chi connectivity index (χ4n) is 1.56. The van der Waals surface area contributed by atoms with Crippen LogP contribution in [0.4, 0.5) is 0 Å². The van der Waals surface area contributed by atoms with Crippen LogP contribution in [0.25, 0.3) is 0 Å². The van der Waals surface area contributed by atoms with Gasteiger partial charge in [-0.05, 0) is 17.7 Å². The summed E-state index contributed by atoms with van der Waals surface area (Å²) >= 11 is 0. The van der Waals surface area contributed by atoms with Gasteiger partial charge in [0.25, 0.3) is 0 Å². The molecule has 0 aliphatic rings. The van der Waals surface area contributed by atoms with Gasteiger partial charge in [0.05, 0.1) is 12.0 Å². The fraction of sp³-hybridized carbons (Fsp3) is 0.176. The van der Waals surface area contributed by atoms with Crippen LogP contribution in [0.1, 0.15) is 22.3 Å². The van der Waals surface area contributed by atoms with Crippen molar-refractivity contribution in [3.8, 4) is 0 Å². The van der Waals surface area contributed by atoms with Crippen molar-refractivity contribution in [1.29, 1.82) is 0 Å². The van der Waals surface area contributed by atoms with Gasteiger partial charge in [-0.2, -0.15) is 0 Å². The molecule has 0 radical (unpaired) electrons. The smallest absolute Gasteiger partial charge is 0.337 e. The topological polar surface area (TPSA) is 134 Å². The summed E-state index contributed by atoms with van der Waals surface area (Å²) in [7, 11) is 0. The van der Waals surface area contributed by atoms with E-state index >= 15 is 0 Å². The van der Waals surface area contributed by atoms with E-state index in [1.54, 1.807) is 30.3 Å². The van der Waals surface area contributed by atoms with Crippen molar-refractivity contribution in [3.63, 3.8) is 0 Å². The Morgan fingerprint density at radius 2 is 1.72 bits per heavy atom. The number of carboxylic acid groups (broad SMARTS) is 2. The van der Waals surface area contributed by atoms with Gasteiger partial charge in [-0.15, -0.1) is 0 Å². The maximum atomic E-state index is 11.1. The first-order valence-corrected chi connectivity index (χ1v) is 7.14. The standard InChI is InChI=1S/C11H12O5.C6H5NO2/c12-9(6-10(13)14)11(15)16-7-8-4-2-1-3-5-8;8-6(9)5-2-1-3-7-4-5/h1-5,9,12H,6-7H2,(H,13,14);1-4H,(H,8,9). The molecule has 0 saturated carbocycles. The molecule has 1 heterocycles. The predicted octanol–water partition coefficient (Wildman–Crippen LogP) is 1.35. The molecule has 0 saturated heterocycles. The molecular weight excluding hydrogens is 330 g/mol. The van der Waals surface area contributed by atoms with Crippen molar-refractivity contribution in [2.24, 2.45) is 0 Å². The summed E-state index contributed by atoms with van der Waals surface area (Å²) in [6.07, 6.45) is 0.587. The second kappa shape index (κ2) is 10.5. The zero-order valence-corrected chi connectivity index (χ0v) is 13.1. The van der Waals surface area contributed by atoms with Crippen LogP contribution >= 0.6 is 0 Å². The fourth-order valence-corrected chi connectivity index (χ4v) is 1.56. The lowest BCUT2D eigenvalue weighted by molar-refractivity contribution is -0.159. The lowest BCUT2D eigenvalue weighted by Gasteiger charge is -2.08. The molecule has 1 aromatic heterocycles. The van der Waals surface area contributed by atoms with Crippen LogP contribution in [0, 0.1) is 0 Å². The van der Waals surface area contributed by atoms with Gasteiger partial charge >= 0.3 is 17.9 Å². The molecule has 1 unspecified atom stereocenters. The van der Waals surface area contributed by atoms with E-state index in [2.05, 4.69) is 4.98 Å². The highest BCUT2D eigenvalue weighted by molar-refractivity contribution is 5.86. The maximum absolute atomic E-state index is 11.1. The summed E-state index contributed by atoms with van der Waals surface area (Å²) in [4.78, 5) is 35.1. The van der Waals surface area contributed by atoms with Crippen LogP contribution in [0.2, 0.25) is 0 Å². The predicted molar refractivity (Wildman–Crippen MR) is 85.7 cm³/mol. The van der Waals surface area contributed by atoms with Crippen LogP contribution in [0.5, 0.6) is 0 Å². The molecule has 132 valence electrons. The summed E-state index contributed by atoms with van der Waals surface area (Å²) < 4.78 is 4.74. The van der Waals surface area contributed by atoms with Crippen LogP contribution in [0.15, 0.2) is 54.9 Å². The molecular formula is C17H17NO7. The van der Waals surface area contributed by atoms with E-state index in [1.807, 2.05) is 6.07 Å². The molecule has 2 rings (SSSR count). The Kier molecular flexibility index (Phi) is 8.31. The Morgan fingerprint density at radius 3 is 2.20 bits per heavy atom. The van der Waals surface area contributed by atoms with Gasteiger partial charge in [-0.25, -0.2) is 9.59 Å². The van der Waals surface area contributed by atoms with Gasteiger partial charge < -0.3 is 20.1 Å². The quantitative estimate of drug-likeness (QED) is 0.667. The number of nitrogens with zero attached hydrogens (tertiary/aromatic N) is 1. The minimum Gasteiger partial charge on any atom is -0.481 e. The lowest BCUT2D eigenvalue weighted by atomic mass is 10.2. The molecule has 0 amide bonds. The van der Waals surface area contributed by atoms with Gasteiger partial charge in [-0.1, -0.05) is 30.3 Å². The highest BCUT2D eigenvalue weighted by Gasteiger charge is 2.19. The molecule has 0 aliphatic carbocycles. The number of carboxylic acids is 2. The summed E-state index contributed by atoms with van der Waals surface area (Å²) in [5, 5.41) is 25.8. The normalized spacial score (nSPS) is 10.8. The molecule has 1 aromatic carbocycles. The Hall–Kier alpha value is -3.26. The van der Waals surface area contributed by atoms with Crippen molar-refractivity contribution < 1.29 is 34.4 Å². The Morgan fingerprint density at radius 1 is 1.04 bits per heavy atom.